The van der Waals surface area contributed by atoms with Crippen LogP contribution in [0, 0.1) is 0 Å². The monoisotopic (exact) mass is 227 g/mol. The number of ether oxygens (including phenoxy) is 1. The van der Waals surface area contributed by atoms with Crippen molar-refractivity contribution in [2.45, 2.75) is 25.3 Å². The van der Waals surface area contributed by atoms with E-state index < -0.39 is 0 Å². The zero-order valence-corrected chi connectivity index (χ0v) is 9.73. The third kappa shape index (κ3) is 2.86. The summed E-state index contributed by atoms with van der Waals surface area (Å²) in [7, 11) is 0. The van der Waals surface area contributed by atoms with E-state index in [1.807, 2.05) is 9.80 Å². The van der Waals surface area contributed by atoms with Gasteiger partial charge in [-0.2, -0.15) is 0 Å². The fourth-order valence-corrected chi connectivity index (χ4v) is 2.02. The fraction of sp³-hybridized carbons (Fsp3) is 0.909. The number of hydrogen-bond donors (Lipinski definition) is 1. The van der Waals surface area contributed by atoms with Gasteiger partial charge in [-0.1, -0.05) is 0 Å². The summed E-state index contributed by atoms with van der Waals surface area (Å²) in [6.07, 6.45) is 3.20. The number of morpholine rings is 1. The molecule has 2 N–H and O–H groups in total. The van der Waals surface area contributed by atoms with Crippen molar-refractivity contribution in [2.75, 3.05) is 39.4 Å². The lowest BCUT2D eigenvalue weighted by atomic mass is 10.3. The summed E-state index contributed by atoms with van der Waals surface area (Å²) in [5, 5.41) is 0. The summed E-state index contributed by atoms with van der Waals surface area (Å²) in [6, 6.07) is 0.654. The number of hydrogen-bond acceptors (Lipinski definition) is 3. The average molecular weight is 227 g/mol. The van der Waals surface area contributed by atoms with Crippen molar-refractivity contribution in [1.29, 1.82) is 0 Å². The molecule has 1 aliphatic heterocycles. The van der Waals surface area contributed by atoms with E-state index in [9.17, 15) is 4.79 Å². The smallest absolute Gasteiger partial charge is 0.320 e. The topological polar surface area (TPSA) is 58.8 Å². The highest BCUT2D eigenvalue weighted by Crippen LogP contribution is 2.28. The first kappa shape index (κ1) is 11.7. The normalized spacial score (nSPS) is 20.9. The predicted octanol–water partition coefficient (Wildman–Crippen LogP) is 0.252. The Kier molecular flexibility index (Phi) is 4.01. The molecule has 5 heteroatoms. The Labute approximate surface area is 96.5 Å². The Morgan fingerprint density at radius 3 is 2.62 bits per heavy atom. The van der Waals surface area contributed by atoms with Crippen LogP contribution >= 0.6 is 0 Å². The van der Waals surface area contributed by atoms with E-state index in [1.54, 1.807) is 0 Å². The molecular formula is C11H21N3O2. The molecule has 2 fully saturated rings. The van der Waals surface area contributed by atoms with Gasteiger partial charge in [0.15, 0.2) is 0 Å². The number of nitrogens with zero attached hydrogens (tertiary/aromatic N) is 2. The maximum absolute atomic E-state index is 12.2. The van der Waals surface area contributed by atoms with Gasteiger partial charge in [0.25, 0.3) is 0 Å². The summed E-state index contributed by atoms with van der Waals surface area (Å²) in [5.74, 6) is 0. The number of amides is 2. The van der Waals surface area contributed by atoms with E-state index >= 15 is 0 Å². The maximum atomic E-state index is 12.2. The lowest BCUT2D eigenvalue weighted by molar-refractivity contribution is 0.0425. The summed E-state index contributed by atoms with van der Waals surface area (Å²) < 4.78 is 5.25. The lowest BCUT2D eigenvalue weighted by Gasteiger charge is -2.33. The van der Waals surface area contributed by atoms with Crippen LogP contribution in [0.5, 0.6) is 0 Å². The third-order valence-corrected chi connectivity index (χ3v) is 3.12. The van der Waals surface area contributed by atoms with Crippen molar-refractivity contribution >= 4 is 6.03 Å². The minimum atomic E-state index is 0.180. The molecular weight excluding hydrogens is 206 g/mol. The van der Waals surface area contributed by atoms with Gasteiger partial charge in [-0.3, -0.25) is 0 Å². The highest BCUT2D eigenvalue weighted by Gasteiger charge is 2.34. The molecule has 2 amide bonds. The van der Waals surface area contributed by atoms with Gasteiger partial charge in [0.2, 0.25) is 0 Å². The van der Waals surface area contributed by atoms with E-state index in [4.69, 9.17) is 10.5 Å². The number of carbonyl (C=O) groups excluding carboxylic acids is 1. The first-order valence-electron chi connectivity index (χ1n) is 6.16. The van der Waals surface area contributed by atoms with Gasteiger partial charge >= 0.3 is 6.03 Å². The fourth-order valence-electron chi connectivity index (χ4n) is 2.02. The second-order valence-corrected chi connectivity index (χ2v) is 4.45. The molecule has 0 aromatic carbocycles. The minimum Gasteiger partial charge on any atom is -0.378 e. The van der Waals surface area contributed by atoms with Crippen molar-refractivity contribution in [3.63, 3.8) is 0 Å². The maximum Gasteiger partial charge on any atom is 0.320 e. The predicted molar refractivity (Wildman–Crippen MR) is 61.2 cm³/mol. The molecule has 0 atom stereocenters. The Morgan fingerprint density at radius 2 is 2.06 bits per heavy atom. The molecule has 0 unspecified atom stereocenters. The van der Waals surface area contributed by atoms with E-state index in [1.165, 1.54) is 0 Å². The van der Waals surface area contributed by atoms with Crippen LogP contribution in [0.3, 0.4) is 0 Å². The molecule has 0 bridgehead atoms. The van der Waals surface area contributed by atoms with Gasteiger partial charge < -0.3 is 20.3 Å². The molecule has 0 spiro atoms. The standard InChI is InChI=1S/C11H21N3O2/c12-4-1-5-14(10-2-3-10)11(15)13-6-8-16-9-7-13/h10H,1-9,12H2. The summed E-state index contributed by atoms with van der Waals surface area (Å²) in [4.78, 5) is 16.1. The van der Waals surface area contributed by atoms with E-state index in [0.29, 0.717) is 25.8 Å². The van der Waals surface area contributed by atoms with Crippen LogP contribution in [-0.2, 0) is 4.74 Å². The summed E-state index contributed by atoms with van der Waals surface area (Å²) >= 11 is 0. The van der Waals surface area contributed by atoms with Crippen LogP contribution in [0.1, 0.15) is 19.3 Å². The van der Waals surface area contributed by atoms with Crippen LogP contribution in [0.4, 0.5) is 4.79 Å². The van der Waals surface area contributed by atoms with Crippen molar-refractivity contribution in [2.24, 2.45) is 5.73 Å². The van der Waals surface area contributed by atoms with Gasteiger partial charge in [0.05, 0.1) is 13.2 Å². The molecule has 1 saturated heterocycles. The van der Waals surface area contributed by atoms with Crippen LogP contribution in [0.25, 0.3) is 0 Å². The average Bonchev–Trinajstić information content (AvgIpc) is 3.15. The second kappa shape index (κ2) is 5.50. The van der Waals surface area contributed by atoms with E-state index in [0.717, 1.165) is 38.9 Å². The lowest BCUT2D eigenvalue weighted by Crippen LogP contribution is -2.49. The van der Waals surface area contributed by atoms with E-state index in [2.05, 4.69) is 0 Å². The molecule has 2 rings (SSSR count). The van der Waals surface area contributed by atoms with Crippen LogP contribution in [0.2, 0.25) is 0 Å². The molecule has 0 aromatic rings. The molecule has 5 nitrogen and oxygen atoms in total. The SMILES string of the molecule is NCCCN(C(=O)N1CCOCC1)C1CC1. The molecule has 16 heavy (non-hydrogen) atoms. The number of rotatable bonds is 4. The van der Waals surface area contributed by atoms with Gasteiger partial charge in [0.1, 0.15) is 0 Å². The van der Waals surface area contributed by atoms with Crippen molar-refractivity contribution < 1.29 is 9.53 Å². The van der Waals surface area contributed by atoms with Gasteiger partial charge in [-0.15, -0.1) is 0 Å². The van der Waals surface area contributed by atoms with Gasteiger partial charge in [0, 0.05) is 25.7 Å². The van der Waals surface area contributed by atoms with Crippen LogP contribution in [0.15, 0.2) is 0 Å². The zero-order valence-electron chi connectivity index (χ0n) is 9.73. The van der Waals surface area contributed by atoms with Crippen molar-refractivity contribution in [3.05, 3.63) is 0 Å². The number of nitrogens with two attached hydrogens (primary N) is 1. The Hall–Kier alpha value is -0.810. The Bertz CT molecular complexity index is 237. The molecule has 0 radical (unpaired) electrons. The highest BCUT2D eigenvalue weighted by molar-refractivity contribution is 5.75. The quantitative estimate of drug-likeness (QED) is 0.749. The molecule has 1 saturated carbocycles. The molecule has 1 heterocycles. The van der Waals surface area contributed by atoms with Crippen LogP contribution < -0.4 is 5.73 Å². The van der Waals surface area contributed by atoms with E-state index in [-0.39, 0.29) is 6.03 Å². The first-order valence-corrected chi connectivity index (χ1v) is 6.16. The second-order valence-electron chi connectivity index (χ2n) is 4.45. The highest BCUT2D eigenvalue weighted by atomic mass is 16.5. The molecule has 92 valence electrons. The first-order chi connectivity index (χ1) is 7.83. The zero-order chi connectivity index (χ0) is 11.4. The van der Waals surface area contributed by atoms with Crippen molar-refractivity contribution in [3.8, 4) is 0 Å². The van der Waals surface area contributed by atoms with Gasteiger partial charge in [-0.05, 0) is 25.8 Å². The molecule has 0 aromatic heterocycles. The Morgan fingerprint density at radius 1 is 1.38 bits per heavy atom. The van der Waals surface area contributed by atoms with Gasteiger partial charge in [-0.25, -0.2) is 4.79 Å². The molecule has 1 aliphatic carbocycles. The largest absolute Gasteiger partial charge is 0.378 e. The minimum absolute atomic E-state index is 0.180. The summed E-state index contributed by atoms with van der Waals surface area (Å²) in [6.45, 7) is 4.24. The van der Waals surface area contributed by atoms with Crippen LogP contribution in [-0.4, -0.2) is 61.3 Å². The molecule has 2 aliphatic rings. The third-order valence-electron chi connectivity index (χ3n) is 3.12. The number of carbonyl (C=O) groups is 1. The summed E-state index contributed by atoms with van der Waals surface area (Å²) in [5.41, 5.74) is 5.50. The Balaban J connectivity index is 1.87. The number of urea groups is 1. The van der Waals surface area contributed by atoms with Crippen molar-refractivity contribution in [1.82, 2.24) is 9.80 Å².